The third-order valence-electron chi connectivity index (χ3n) is 4.70. The van der Waals surface area contributed by atoms with E-state index in [9.17, 15) is 4.79 Å². The van der Waals surface area contributed by atoms with Gasteiger partial charge in [-0.3, -0.25) is 9.69 Å². The number of hydrogen-bond acceptors (Lipinski definition) is 3. The Morgan fingerprint density at radius 1 is 1.20 bits per heavy atom. The summed E-state index contributed by atoms with van der Waals surface area (Å²) in [4.78, 5) is 17.4. The molecule has 128 valence electrons. The van der Waals surface area contributed by atoms with Crippen LogP contribution in [0, 0.1) is 0 Å². The number of halogens is 1. The molecule has 1 aliphatic rings. The van der Waals surface area contributed by atoms with E-state index in [-0.39, 0.29) is 11.7 Å². The van der Waals surface area contributed by atoms with Crippen molar-refractivity contribution in [2.24, 2.45) is 0 Å². The van der Waals surface area contributed by atoms with Crippen molar-refractivity contribution in [2.75, 3.05) is 13.6 Å². The van der Waals surface area contributed by atoms with E-state index in [4.69, 9.17) is 16.3 Å². The fourth-order valence-corrected chi connectivity index (χ4v) is 3.72. The number of fused-ring (bicyclic) bond motifs is 2. The maximum absolute atomic E-state index is 12.4. The van der Waals surface area contributed by atoms with Gasteiger partial charge in [0.2, 0.25) is 0 Å². The molecule has 1 unspecified atom stereocenters. The predicted octanol–water partition coefficient (Wildman–Crippen LogP) is 3.88. The van der Waals surface area contributed by atoms with Crippen molar-refractivity contribution in [3.63, 3.8) is 0 Å². The Morgan fingerprint density at radius 3 is 2.84 bits per heavy atom. The molecular formula is C20H19ClN2O2. The first kappa shape index (κ1) is 16.3. The molecule has 2 heterocycles. The minimum absolute atomic E-state index is 0.0273. The third-order valence-corrected chi connectivity index (χ3v) is 5.13. The molecule has 4 nitrogen and oxygen atoms in total. The first-order valence-electron chi connectivity index (χ1n) is 8.31. The fourth-order valence-electron chi connectivity index (χ4n) is 3.41. The molecule has 0 radical (unpaired) electrons. The molecule has 0 saturated heterocycles. The van der Waals surface area contributed by atoms with Crippen LogP contribution in [0.1, 0.15) is 22.8 Å². The fraction of sp³-hybridized carbons (Fsp3) is 0.250. The molecule has 0 spiro atoms. The van der Waals surface area contributed by atoms with Gasteiger partial charge in [-0.25, -0.2) is 0 Å². The van der Waals surface area contributed by atoms with Crippen LogP contribution in [0.15, 0.2) is 53.3 Å². The molecule has 25 heavy (non-hydrogen) atoms. The number of aromatic amines is 1. The zero-order valence-electron chi connectivity index (χ0n) is 14.0. The van der Waals surface area contributed by atoms with Gasteiger partial charge in [-0.2, -0.15) is 0 Å². The summed E-state index contributed by atoms with van der Waals surface area (Å²) in [6, 6.07) is 15.9. The lowest BCUT2D eigenvalue weighted by molar-refractivity contribution is 0.0409. The van der Waals surface area contributed by atoms with Gasteiger partial charge in [0.25, 0.3) is 5.56 Å². The maximum atomic E-state index is 12.4. The standard InChI is InChI=1S/C20H19ClN2O2/c1-23(11-18-14-7-3-2-6-13(14)12-25-18)10-16-19(21)15-8-4-5-9-17(15)22-20(16)24/h2-9,18H,10-12H2,1H3,(H,22,24). The number of para-hydroxylation sites is 1. The van der Waals surface area contributed by atoms with Crippen molar-refractivity contribution < 1.29 is 4.74 Å². The number of H-pyrrole nitrogens is 1. The molecule has 0 fully saturated rings. The minimum atomic E-state index is -0.136. The molecular weight excluding hydrogens is 336 g/mol. The summed E-state index contributed by atoms with van der Waals surface area (Å²) in [7, 11) is 1.98. The van der Waals surface area contributed by atoms with Crippen molar-refractivity contribution >= 4 is 22.5 Å². The number of hydrogen-bond donors (Lipinski definition) is 1. The van der Waals surface area contributed by atoms with Crippen LogP contribution in [-0.4, -0.2) is 23.5 Å². The summed E-state index contributed by atoms with van der Waals surface area (Å²) in [6.45, 7) is 1.83. The van der Waals surface area contributed by atoms with E-state index < -0.39 is 0 Å². The van der Waals surface area contributed by atoms with Crippen molar-refractivity contribution in [1.29, 1.82) is 0 Å². The van der Waals surface area contributed by atoms with E-state index >= 15 is 0 Å². The van der Waals surface area contributed by atoms with Crippen LogP contribution < -0.4 is 5.56 Å². The number of rotatable bonds is 4. The van der Waals surface area contributed by atoms with E-state index in [1.807, 2.05) is 43.4 Å². The molecule has 1 atom stereocenters. The molecule has 2 aromatic carbocycles. The Bertz CT molecular complexity index is 983. The van der Waals surface area contributed by atoms with Gasteiger partial charge in [-0.15, -0.1) is 0 Å². The van der Waals surface area contributed by atoms with E-state index in [0.717, 1.165) is 10.9 Å². The summed E-state index contributed by atoms with van der Waals surface area (Å²) < 4.78 is 5.90. The molecule has 1 aliphatic heterocycles. The SMILES string of the molecule is CN(Cc1c(Cl)c2ccccc2[nH]c1=O)CC1OCc2ccccc21. The molecule has 0 bridgehead atoms. The van der Waals surface area contributed by atoms with Crippen LogP contribution >= 0.6 is 11.6 Å². The van der Waals surface area contributed by atoms with E-state index in [1.165, 1.54) is 11.1 Å². The summed E-state index contributed by atoms with van der Waals surface area (Å²) in [5.74, 6) is 0. The summed E-state index contributed by atoms with van der Waals surface area (Å²) in [5.41, 5.74) is 3.68. The van der Waals surface area contributed by atoms with Crippen LogP contribution in [0.3, 0.4) is 0 Å². The van der Waals surface area contributed by atoms with E-state index in [0.29, 0.717) is 30.3 Å². The Hall–Kier alpha value is -2.14. The van der Waals surface area contributed by atoms with Crippen LogP contribution in [0.4, 0.5) is 0 Å². The van der Waals surface area contributed by atoms with Crippen LogP contribution in [0.5, 0.6) is 0 Å². The first-order chi connectivity index (χ1) is 12.1. The number of nitrogens with zero attached hydrogens (tertiary/aromatic N) is 1. The number of likely N-dealkylation sites (N-methyl/N-ethyl adjacent to an activating group) is 1. The third kappa shape index (κ3) is 3.09. The Balaban J connectivity index is 1.57. The second-order valence-corrected chi connectivity index (χ2v) is 6.87. The predicted molar refractivity (Wildman–Crippen MR) is 99.9 cm³/mol. The Labute approximate surface area is 151 Å². The van der Waals surface area contributed by atoms with Gasteiger partial charge in [0, 0.05) is 24.0 Å². The quantitative estimate of drug-likeness (QED) is 0.773. The summed E-state index contributed by atoms with van der Waals surface area (Å²) >= 11 is 6.51. The zero-order valence-corrected chi connectivity index (χ0v) is 14.7. The van der Waals surface area contributed by atoms with Gasteiger partial charge >= 0.3 is 0 Å². The van der Waals surface area contributed by atoms with Crippen molar-refractivity contribution in [1.82, 2.24) is 9.88 Å². The van der Waals surface area contributed by atoms with Gasteiger partial charge in [0.1, 0.15) is 0 Å². The van der Waals surface area contributed by atoms with Crippen LogP contribution in [0.25, 0.3) is 10.9 Å². The van der Waals surface area contributed by atoms with Gasteiger partial charge in [-0.1, -0.05) is 54.1 Å². The van der Waals surface area contributed by atoms with Gasteiger partial charge in [-0.05, 0) is 24.2 Å². The average Bonchev–Trinajstić information content (AvgIpc) is 3.02. The summed E-state index contributed by atoms with van der Waals surface area (Å²) in [6.07, 6.45) is 0.0273. The second-order valence-electron chi connectivity index (χ2n) is 6.49. The topological polar surface area (TPSA) is 45.3 Å². The lowest BCUT2D eigenvalue weighted by Gasteiger charge is -2.21. The molecule has 4 rings (SSSR count). The highest BCUT2D eigenvalue weighted by atomic mass is 35.5. The number of nitrogens with one attached hydrogen (secondary N) is 1. The van der Waals surface area contributed by atoms with Crippen molar-refractivity contribution in [3.05, 3.63) is 80.6 Å². The Morgan fingerprint density at radius 2 is 1.96 bits per heavy atom. The van der Waals surface area contributed by atoms with Crippen molar-refractivity contribution in [3.8, 4) is 0 Å². The largest absolute Gasteiger partial charge is 0.367 e. The highest BCUT2D eigenvalue weighted by Crippen LogP contribution is 2.31. The normalized spacial score (nSPS) is 16.5. The molecule has 0 amide bonds. The highest BCUT2D eigenvalue weighted by molar-refractivity contribution is 6.36. The molecule has 3 aromatic rings. The van der Waals surface area contributed by atoms with E-state index in [2.05, 4.69) is 22.0 Å². The van der Waals surface area contributed by atoms with Gasteiger partial charge in [0.05, 0.1) is 23.3 Å². The Kier molecular flexibility index (Phi) is 4.34. The smallest absolute Gasteiger partial charge is 0.254 e. The lowest BCUT2D eigenvalue weighted by atomic mass is 10.1. The molecule has 1 N–H and O–H groups in total. The molecule has 5 heteroatoms. The number of pyridine rings is 1. The van der Waals surface area contributed by atoms with E-state index in [1.54, 1.807) is 0 Å². The minimum Gasteiger partial charge on any atom is -0.367 e. The number of ether oxygens (including phenoxy) is 1. The number of benzene rings is 2. The summed E-state index contributed by atoms with van der Waals surface area (Å²) in [5, 5.41) is 1.40. The van der Waals surface area contributed by atoms with Gasteiger partial charge in [0.15, 0.2) is 0 Å². The average molecular weight is 355 g/mol. The monoisotopic (exact) mass is 354 g/mol. The first-order valence-corrected chi connectivity index (χ1v) is 8.68. The lowest BCUT2D eigenvalue weighted by Crippen LogP contribution is -2.28. The van der Waals surface area contributed by atoms with Gasteiger partial charge < -0.3 is 9.72 Å². The highest BCUT2D eigenvalue weighted by Gasteiger charge is 2.24. The molecule has 0 saturated carbocycles. The second kappa shape index (κ2) is 6.64. The van der Waals surface area contributed by atoms with Crippen LogP contribution in [0.2, 0.25) is 5.02 Å². The van der Waals surface area contributed by atoms with Crippen LogP contribution in [-0.2, 0) is 17.9 Å². The molecule has 1 aromatic heterocycles. The van der Waals surface area contributed by atoms with Crippen molar-refractivity contribution in [2.45, 2.75) is 19.3 Å². The maximum Gasteiger partial charge on any atom is 0.254 e. The number of aromatic nitrogens is 1. The molecule has 0 aliphatic carbocycles. The zero-order chi connectivity index (χ0) is 17.4.